The topological polar surface area (TPSA) is 29.9 Å². The third-order valence-electron chi connectivity index (χ3n) is 2.55. The van der Waals surface area contributed by atoms with Gasteiger partial charge in [0.05, 0.1) is 5.69 Å². The maximum Gasteiger partial charge on any atom is 0.0624 e. The quantitative estimate of drug-likeness (QED) is 0.725. The molecule has 1 N–H and O–H groups in total. The Balaban J connectivity index is 2.33. The fourth-order valence-electron chi connectivity index (χ4n) is 1.64. The summed E-state index contributed by atoms with van der Waals surface area (Å²) in [5.74, 6) is 0. The molecule has 0 aliphatic carbocycles. The van der Waals surface area contributed by atoms with Crippen molar-refractivity contribution in [2.24, 2.45) is 7.05 Å². The molecular weight excluding hydrogens is 186 g/mol. The Morgan fingerprint density at radius 1 is 1.47 bits per heavy atom. The fraction of sp³-hybridized carbons (Fsp3) is 0.750. The second kappa shape index (κ2) is 5.91. The predicted octanol–water partition coefficient (Wildman–Crippen LogP) is 1.91. The average Bonchev–Trinajstić information content (AvgIpc) is 2.54. The first-order valence-corrected chi connectivity index (χ1v) is 5.88. The molecule has 0 saturated heterocycles. The zero-order valence-electron chi connectivity index (χ0n) is 10.4. The molecule has 0 atom stereocenters. The highest BCUT2D eigenvalue weighted by Crippen LogP contribution is 2.06. The zero-order chi connectivity index (χ0) is 11.3. The van der Waals surface area contributed by atoms with E-state index in [4.69, 9.17) is 0 Å². The molecule has 0 unspecified atom stereocenters. The normalized spacial score (nSPS) is 11.3. The summed E-state index contributed by atoms with van der Waals surface area (Å²) in [5, 5.41) is 7.87. The minimum absolute atomic E-state index is 0.586. The molecule has 15 heavy (non-hydrogen) atoms. The van der Waals surface area contributed by atoms with Crippen LogP contribution < -0.4 is 5.32 Å². The van der Waals surface area contributed by atoms with Gasteiger partial charge in [0.25, 0.3) is 0 Å². The first kappa shape index (κ1) is 12.2. The van der Waals surface area contributed by atoms with Gasteiger partial charge in [-0.1, -0.05) is 20.8 Å². The number of nitrogens with zero attached hydrogens (tertiary/aromatic N) is 2. The molecule has 1 aromatic rings. The van der Waals surface area contributed by atoms with E-state index in [0.29, 0.717) is 6.04 Å². The van der Waals surface area contributed by atoms with E-state index in [1.165, 1.54) is 17.8 Å². The Bertz CT molecular complexity index is 289. The maximum atomic E-state index is 4.44. The maximum absolute atomic E-state index is 4.44. The summed E-state index contributed by atoms with van der Waals surface area (Å²) in [4.78, 5) is 0. The monoisotopic (exact) mass is 209 g/mol. The lowest BCUT2D eigenvalue weighted by Gasteiger charge is -2.07. The molecule has 0 fully saturated rings. The number of aryl methyl sites for hydroxylation is 3. The van der Waals surface area contributed by atoms with E-state index in [1.807, 2.05) is 11.7 Å². The Kier molecular flexibility index (Phi) is 4.82. The third kappa shape index (κ3) is 4.04. The van der Waals surface area contributed by atoms with Crippen molar-refractivity contribution in [2.75, 3.05) is 6.54 Å². The van der Waals surface area contributed by atoms with Crippen molar-refractivity contribution in [3.8, 4) is 0 Å². The summed E-state index contributed by atoms with van der Waals surface area (Å²) in [6.07, 6.45) is 3.32. The van der Waals surface area contributed by atoms with Crippen LogP contribution in [-0.4, -0.2) is 22.4 Å². The molecule has 0 radical (unpaired) electrons. The summed E-state index contributed by atoms with van der Waals surface area (Å²) >= 11 is 0. The third-order valence-corrected chi connectivity index (χ3v) is 2.55. The van der Waals surface area contributed by atoms with Crippen LogP contribution in [0.1, 0.15) is 38.6 Å². The van der Waals surface area contributed by atoms with Crippen LogP contribution >= 0.6 is 0 Å². The van der Waals surface area contributed by atoms with E-state index in [0.717, 1.165) is 19.4 Å². The lowest BCUT2D eigenvalue weighted by Crippen LogP contribution is -2.24. The van der Waals surface area contributed by atoms with Crippen molar-refractivity contribution in [1.82, 2.24) is 15.1 Å². The zero-order valence-corrected chi connectivity index (χ0v) is 10.4. The molecule has 0 bridgehead atoms. The molecule has 86 valence electrons. The first-order chi connectivity index (χ1) is 7.13. The Morgan fingerprint density at radius 2 is 2.20 bits per heavy atom. The Hall–Kier alpha value is -0.830. The second-order valence-corrected chi connectivity index (χ2v) is 4.32. The van der Waals surface area contributed by atoms with Gasteiger partial charge in [-0.05, 0) is 31.9 Å². The van der Waals surface area contributed by atoms with Crippen LogP contribution in [0.25, 0.3) is 0 Å². The van der Waals surface area contributed by atoms with E-state index in [-0.39, 0.29) is 0 Å². The Morgan fingerprint density at radius 3 is 2.73 bits per heavy atom. The van der Waals surface area contributed by atoms with Gasteiger partial charge in [0, 0.05) is 18.8 Å². The van der Waals surface area contributed by atoms with E-state index in [9.17, 15) is 0 Å². The highest BCUT2D eigenvalue weighted by atomic mass is 15.3. The van der Waals surface area contributed by atoms with E-state index < -0.39 is 0 Å². The second-order valence-electron chi connectivity index (χ2n) is 4.32. The van der Waals surface area contributed by atoms with Gasteiger partial charge in [-0.15, -0.1) is 0 Å². The average molecular weight is 209 g/mol. The van der Waals surface area contributed by atoms with Crippen molar-refractivity contribution in [1.29, 1.82) is 0 Å². The van der Waals surface area contributed by atoms with Gasteiger partial charge in [0.2, 0.25) is 0 Å². The number of aromatic nitrogens is 2. The van der Waals surface area contributed by atoms with Crippen LogP contribution in [0, 0.1) is 0 Å². The molecule has 3 nitrogen and oxygen atoms in total. The van der Waals surface area contributed by atoms with Crippen LogP contribution in [0.15, 0.2) is 6.07 Å². The Labute approximate surface area is 92.9 Å². The molecule has 1 rings (SSSR count). The van der Waals surface area contributed by atoms with Crippen LogP contribution in [-0.2, 0) is 19.9 Å². The molecule has 0 spiro atoms. The fourth-order valence-corrected chi connectivity index (χ4v) is 1.64. The summed E-state index contributed by atoms with van der Waals surface area (Å²) < 4.78 is 2.01. The van der Waals surface area contributed by atoms with E-state index in [2.05, 4.69) is 37.3 Å². The molecule has 0 aliphatic rings. The van der Waals surface area contributed by atoms with Crippen LogP contribution in [0.3, 0.4) is 0 Å². The molecule has 0 saturated carbocycles. The van der Waals surface area contributed by atoms with E-state index >= 15 is 0 Å². The molecule has 1 heterocycles. The van der Waals surface area contributed by atoms with Crippen molar-refractivity contribution in [3.63, 3.8) is 0 Å². The van der Waals surface area contributed by atoms with E-state index in [1.54, 1.807) is 0 Å². The molecule has 0 amide bonds. The van der Waals surface area contributed by atoms with Gasteiger partial charge in [-0.2, -0.15) is 5.10 Å². The van der Waals surface area contributed by atoms with Crippen molar-refractivity contribution in [2.45, 2.75) is 46.1 Å². The van der Waals surface area contributed by atoms with Gasteiger partial charge in [0.15, 0.2) is 0 Å². The molecule has 0 aromatic carbocycles. The van der Waals surface area contributed by atoms with Crippen LogP contribution in [0.5, 0.6) is 0 Å². The SMILES string of the molecule is CCc1cc(CCCNC(C)C)n(C)n1. The van der Waals surface area contributed by atoms with Gasteiger partial charge in [0.1, 0.15) is 0 Å². The summed E-state index contributed by atoms with van der Waals surface area (Å²) in [6, 6.07) is 2.80. The van der Waals surface area contributed by atoms with Crippen LogP contribution in [0.4, 0.5) is 0 Å². The summed E-state index contributed by atoms with van der Waals surface area (Å²) in [5.41, 5.74) is 2.54. The van der Waals surface area contributed by atoms with Gasteiger partial charge in [-0.25, -0.2) is 0 Å². The lowest BCUT2D eigenvalue weighted by molar-refractivity contribution is 0.561. The minimum atomic E-state index is 0.586. The van der Waals surface area contributed by atoms with Crippen LogP contribution in [0.2, 0.25) is 0 Å². The standard InChI is InChI=1S/C12H23N3/c1-5-11-9-12(15(4)14-11)7-6-8-13-10(2)3/h9-10,13H,5-8H2,1-4H3. The van der Waals surface area contributed by atoms with Crippen molar-refractivity contribution >= 4 is 0 Å². The van der Waals surface area contributed by atoms with Gasteiger partial charge >= 0.3 is 0 Å². The summed E-state index contributed by atoms with van der Waals surface area (Å²) in [6.45, 7) is 7.59. The molecular formula is C12H23N3. The van der Waals surface area contributed by atoms with Gasteiger partial charge < -0.3 is 5.32 Å². The largest absolute Gasteiger partial charge is 0.315 e. The lowest BCUT2D eigenvalue weighted by atomic mass is 10.2. The predicted molar refractivity (Wildman–Crippen MR) is 64.0 cm³/mol. The minimum Gasteiger partial charge on any atom is -0.315 e. The molecule has 0 aliphatic heterocycles. The number of rotatable bonds is 6. The highest BCUT2D eigenvalue weighted by Gasteiger charge is 2.03. The molecule has 3 heteroatoms. The van der Waals surface area contributed by atoms with Crippen molar-refractivity contribution in [3.05, 3.63) is 17.5 Å². The smallest absolute Gasteiger partial charge is 0.0624 e. The number of nitrogens with one attached hydrogen (secondary N) is 1. The first-order valence-electron chi connectivity index (χ1n) is 5.88. The number of hydrogen-bond acceptors (Lipinski definition) is 2. The molecule has 1 aromatic heterocycles. The van der Waals surface area contributed by atoms with Gasteiger partial charge in [-0.3, -0.25) is 4.68 Å². The van der Waals surface area contributed by atoms with Crippen molar-refractivity contribution < 1.29 is 0 Å². The number of hydrogen-bond donors (Lipinski definition) is 1. The summed E-state index contributed by atoms with van der Waals surface area (Å²) in [7, 11) is 2.03. The highest BCUT2D eigenvalue weighted by molar-refractivity contribution is 5.10.